The Morgan fingerprint density at radius 1 is 1.52 bits per heavy atom. The molecule has 1 aliphatic heterocycles. The molecule has 1 aromatic rings. The van der Waals surface area contributed by atoms with Gasteiger partial charge in [-0.25, -0.2) is 0 Å². The topological polar surface area (TPSA) is 77.3 Å². The van der Waals surface area contributed by atoms with E-state index in [4.69, 9.17) is 5.26 Å². The summed E-state index contributed by atoms with van der Waals surface area (Å²) >= 11 is 1.67. The fourth-order valence-electron chi connectivity index (χ4n) is 2.35. The van der Waals surface area contributed by atoms with Crippen LogP contribution in [0.5, 0.6) is 0 Å². The van der Waals surface area contributed by atoms with E-state index in [9.17, 15) is 18.0 Å². The van der Waals surface area contributed by atoms with E-state index in [0.29, 0.717) is 12.2 Å². The number of amides is 1. The number of anilines is 1. The minimum atomic E-state index is -4.67. The summed E-state index contributed by atoms with van der Waals surface area (Å²) in [5, 5.41) is 15.4. The number of nitrogens with zero attached hydrogens (tertiary/aromatic N) is 2. The van der Waals surface area contributed by atoms with Crippen molar-refractivity contribution in [3.8, 4) is 6.07 Å². The van der Waals surface area contributed by atoms with Crippen molar-refractivity contribution in [3.05, 3.63) is 29.3 Å². The lowest BCUT2D eigenvalue weighted by molar-refractivity contribution is -0.137. The van der Waals surface area contributed by atoms with Gasteiger partial charge in [-0.15, -0.1) is 0 Å². The van der Waals surface area contributed by atoms with E-state index in [1.54, 1.807) is 18.7 Å². The van der Waals surface area contributed by atoms with Gasteiger partial charge >= 0.3 is 6.18 Å². The van der Waals surface area contributed by atoms with Crippen LogP contribution in [0.25, 0.3) is 0 Å². The first-order chi connectivity index (χ1) is 11.7. The van der Waals surface area contributed by atoms with Crippen LogP contribution in [0.3, 0.4) is 0 Å². The third-order valence-corrected chi connectivity index (χ3v) is 4.64. The highest BCUT2D eigenvalue weighted by Gasteiger charge is 2.39. The Kier molecular flexibility index (Phi) is 5.62. The van der Waals surface area contributed by atoms with Gasteiger partial charge in [0.1, 0.15) is 5.54 Å². The molecular formula is C16H17F3N4OS. The van der Waals surface area contributed by atoms with Gasteiger partial charge in [0.05, 0.1) is 22.9 Å². The number of hydrogen-bond acceptors (Lipinski definition) is 5. The van der Waals surface area contributed by atoms with Crippen molar-refractivity contribution in [2.24, 2.45) is 5.10 Å². The summed E-state index contributed by atoms with van der Waals surface area (Å²) in [5.74, 6) is 1.14. The summed E-state index contributed by atoms with van der Waals surface area (Å²) in [6, 6.07) is 4.59. The largest absolute Gasteiger partial charge is 0.417 e. The number of hydrogen-bond donors (Lipinski definition) is 2. The first-order valence-corrected chi connectivity index (χ1v) is 8.68. The van der Waals surface area contributed by atoms with Gasteiger partial charge < -0.3 is 5.32 Å². The standard InChI is InChI=1S/C16H17F3N4OS/c1-3-25-9-12-7-15(2,23-22-12)14(24)21-11-5-4-10(8-20)13(6-11)16(17,18)19/h4-6,23H,3,7,9H2,1-2H3,(H,21,24). The summed E-state index contributed by atoms with van der Waals surface area (Å²) in [5.41, 5.74) is 1.00. The van der Waals surface area contributed by atoms with Crippen molar-refractivity contribution in [1.29, 1.82) is 5.26 Å². The smallest absolute Gasteiger partial charge is 0.324 e. The molecule has 2 rings (SSSR count). The van der Waals surface area contributed by atoms with Crippen molar-refractivity contribution >= 4 is 29.1 Å². The monoisotopic (exact) mass is 370 g/mol. The molecule has 134 valence electrons. The zero-order chi connectivity index (χ0) is 18.7. The highest BCUT2D eigenvalue weighted by molar-refractivity contribution is 7.99. The molecule has 1 atom stereocenters. The van der Waals surface area contributed by atoms with E-state index in [-0.39, 0.29) is 5.69 Å². The molecule has 0 saturated carbocycles. The van der Waals surface area contributed by atoms with Crippen LogP contribution in [0.2, 0.25) is 0 Å². The lowest BCUT2D eigenvalue weighted by atomic mass is 9.96. The number of carbonyl (C=O) groups excluding carboxylic acids is 1. The zero-order valence-corrected chi connectivity index (χ0v) is 14.5. The molecule has 1 unspecified atom stereocenters. The molecular weight excluding hydrogens is 353 g/mol. The molecule has 0 bridgehead atoms. The fraction of sp³-hybridized carbons (Fsp3) is 0.438. The molecule has 1 heterocycles. The van der Waals surface area contributed by atoms with Crippen molar-refractivity contribution in [2.75, 3.05) is 16.8 Å². The van der Waals surface area contributed by atoms with Crippen molar-refractivity contribution in [1.82, 2.24) is 5.43 Å². The minimum Gasteiger partial charge on any atom is -0.324 e. The highest BCUT2D eigenvalue weighted by atomic mass is 32.2. The Hall–Kier alpha value is -2.21. The SMILES string of the molecule is CCSCC1=NNC(C)(C(=O)Nc2ccc(C#N)c(C(F)(F)F)c2)C1. The van der Waals surface area contributed by atoms with Gasteiger partial charge in [0.2, 0.25) is 0 Å². The molecule has 9 heteroatoms. The summed E-state index contributed by atoms with van der Waals surface area (Å²) in [6.45, 7) is 3.66. The maximum Gasteiger partial charge on any atom is 0.417 e. The Labute approximate surface area is 147 Å². The predicted molar refractivity (Wildman–Crippen MR) is 91.4 cm³/mol. The number of halogens is 3. The lowest BCUT2D eigenvalue weighted by Gasteiger charge is -2.23. The third kappa shape index (κ3) is 4.45. The summed E-state index contributed by atoms with van der Waals surface area (Å²) in [7, 11) is 0. The van der Waals surface area contributed by atoms with E-state index in [0.717, 1.165) is 23.6 Å². The van der Waals surface area contributed by atoms with Gasteiger partial charge in [-0.1, -0.05) is 6.92 Å². The van der Waals surface area contributed by atoms with Crippen LogP contribution in [-0.4, -0.2) is 28.7 Å². The quantitative estimate of drug-likeness (QED) is 0.833. The van der Waals surface area contributed by atoms with E-state index < -0.39 is 28.7 Å². The molecule has 5 nitrogen and oxygen atoms in total. The van der Waals surface area contributed by atoms with Crippen molar-refractivity contribution < 1.29 is 18.0 Å². The fourth-order valence-corrected chi connectivity index (χ4v) is 2.95. The number of thioether (sulfide) groups is 1. The number of nitrogens with one attached hydrogen (secondary N) is 2. The number of hydrazone groups is 1. The first-order valence-electron chi connectivity index (χ1n) is 7.53. The number of rotatable bonds is 5. The minimum absolute atomic E-state index is 0.0178. The van der Waals surface area contributed by atoms with Crippen molar-refractivity contribution in [3.63, 3.8) is 0 Å². The average Bonchev–Trinajstić information content (AvgIpc) is 2.95. The normalized spacial score (nSPS) is 19.8. The van der Waals surface area contributed by atoms with Gasteiger partial charge in [0.25, 0.3) is 5.91 Å². The molecule has 1 aliphatic rings. The van der Waals surface area contributed by atoms with Crippen molar-refractivity contribution in [2.45, 2.75) is 32.0 Å². The predicted octanol–water partition coefficient (Wildman–Crippen LogP) is 3.38. The lowest BCUT2D eigenvalue weighted by Crippen LogP contribution is -2.47. The van der Waals surface area contributed by atoms with Crippen LogP contribution < -0.4 is 10.7 Å². The van der Waals surface area contributed by atoms with Crippen LogP contribution in [0, 0.1) is 11.3 Å². The second-order valence-corrected chi connectivity index (χ2v) is 7.03. The van der Waals surface area contributed by atoms with Crippen LogP contribution >= 0.6 is 11.8 Å². The Bertz CT molecular complexity index is 742. The maximum atomic E-state index is 13.0. The van der Waals surface area contributed by atoms with E-state index in [1.165, 1.54) is 12.1 Å². The second-order valence-electron chi connectivity index (χ2n) is 5.76. The second kappa shape index (κ2) is 7.35. The Morgan fingerprint density at radius 2 is 2.24 bits per heavy atom. The van der Waals surface area contributed by atoms with Gasteiger partial charge in [-0.2, -0.15) is 35.3 Å². The van der Waals surface area contributed by atoms with E-state index >= 15 is 0 Å². The Morgan fingerprint density at radius 3 is 2.84 bits per heavy atom. The molecule has 0 aliphatic carbocycles. The Balaban J connectivity index is 2.13. The maximum absolute atomic E-state index is 13.0. The van der Waals surface area contributed by atoms with Gasteiger partial charge in [0, 0.05) is 17.9 Å². The summed E-state index contributed by atoms with van der Waals surface area (Å²) in [4.78, 5) is 12.5. The van der Waals surface area contributed by atoms with Crippen LogP contribution in [0.1, 0.15) is 31.4 Å². The molecule has 25 heavy (non-hydrogen) atoms. The molecule has 0 spiro atoms. The van der Waals surface area contributed by atoms with Gasteiger partial charge in [-0.05, 0) is 30.9 Å². The first kappa shape index (κ1) is 19.1. The summed E-state index contributed by atoms with van der Waals surface area (Å²) in [6.07, 6.45) is -4.29. The molecule has 1 aromatic carbocycles. The van der Waals surface area contributed by atoms with Crippen LogP contribution in [0.15, 0.2) is 23.3 Å². The summed E-state index contributed by atoms with van der Waals surface area (Å²) < 4.78 is 39.0. The molecule has 1 amide bonds. The molecule has 0 aromatic heterocycles. The zero-order valence-electron chi connectivity index (χ0n) is 13.7. The van der Waals surface area contributed by atoms with E-state index in [2.05, 4.69) is 15.8 Å². The van der Waals surface area contributed by atoms with E-state index in [1.807, 2.05) is 6.92 Å². The third-order valence-electron chi connectivity index (χ3n) is 3.70. The number of carbonyl (C=O) groups is 1. The molecule has 0 fully saturated rings. The highest BCUT2D eigenvalue weighted by Crippen LogP contribution is 2.34. The average molecular weight is 370 g/mol. The van der Waals surface area contributed by atoms with Crippen LogP contribution in [-0.2, 0) is 11.0 Å². The molecule has 2 N–H and O–H groups in total. The molecule has 0 saturated heterocycles. The molecule has 0 radical (unpaired) electrons. The van der Waals surface area contributed by atoms with Gasteiger partial charge in [0.15, 0.2) is 0 Å². The number of benzene rings is 1. The number of alkyl halides is 3. The number of nitriles is 1. The van der Waals surface area contributed by atoms with Gasteiger partial charge in [-0.3, -0.25) is 10.2 Å². The van der Waals surface area contributed by atoms with Crippen LogP contribution in [0.4, 0.5) is 18.9 Å².